The summed E-state index contributed by atoms with van der Waals surface area (Å²) in [6.07, 6.45) is 1.42. The molecule has 156 valence electrons. The van der Waals surface area contributed by atoms with E-state index in [4.69, 9.17) is 4.74 Å². The van der Waals surface area contributed by atoms with Gasteiger partial charge < -0.3 is 10.1 Å². The molecule has 29 heavy (non-hydrogen) atoms. The molecule has 0 radical (unpaired) electrons. The normalized spacial score (nSPS) is 29.6. The molecule has 1 heterocycles. The lowest BCUT2D eigenvalue weighted by Crippen LogP contribution is -2.60. The molecule has 2 fully saturated rings. The van der Waals surface area contributed by atoms with Gasteiger partial charge in [-0.25, -0.2) is 4.79 Å². The summed E-state index contributed by atoms with van der Waals surface area (Å²) in [5.74, 6) is -1.87. The molecular weight excluding hydrogens is 372 g/mol. The predicted octanol–water partition coefficient (Wildman–Crippen LogP) is 1.75. The number of benzene rings is 1. The number of esters is 1. The van der Waals surface area contributed by atoms with Crippen LogP contribution in [0.5, 0.6) is 0 Å². The highest BCUT2D eigenvalue weighted by Gasteiger charge is 2.56. The van der Waals surface area contributed by atoms with E-state index in [2.05, 4.69) is 10.6 Å². The smallest absolute Gasteiger partial charge is 0.328 e. The average Bonchev–Trinajstić information content (AvgIpc) is 2.66. The summed E-state index contributed by atoms with van der Waals surface area (Å²) in [4.78, 5) is 50.3. The lowest BCUT2D eigenvalue weighted by Gasteiger charge is -2.48. The van der Waals surface area contributed by atoms with Gasteiger partial charge in [-0.15, -0.1) is 0 Å². The summed E-state index contributed by atoms with van der Waals surface area (Å²) in [5.41, 5.74) is -0.799. The Morgan fingerprint density at radius 2 is 1.90 bits per heavy atom. The van der Waals surface area contributed by atoms with Crippen molar-refractivity contribution in [3.8, 4) is 0 Å². The first-order valence-electron chi connectivity index (χ1n) is 10.0. The largest absolute Gasteiger partial charge is 0.464 e. The first kappa shape index (κ1) is 21.0. The van der Waals surface area contributed by atoms with E-state index in [1.165, 1.54) is 0 Å². The van der Waals surface area contributed by atoms with Crippen LogP contribution in [0.4, 0.5) is 0 Å². The van der Waals surface area contributed by atoms with Crippen molar-refractivity contribution in [2.24, 2.45) is 16.7 Å². The van der Waals surface area contributed by atoms with Gasteiger partial charge in [0.1, 0.15) is 6.04 Å². The minimum Gasteiger partial charge on any atom is -0.464 e. The molecule has 7 heteroatoms. The molecule has 1 saturated heterocycles. The van der Waals surface area contributed by atoms with E-state index in [9.17, 15) is 19.2 Å². The second kappa shape index (κ2) is 7.97. The Hall–Kier alpha value is -2.70. The number of ether oxygens (including phenoxy) is 1. The number of amides is 3. The predicted molar refractivity (Wildman–Crippen MR) is 105 cm³/mol. The maximum Gasteiger partial charge on any atom is 0.328 e. The quantitative estimate of drug-likeness (QED) is 0.560. The van der Waals surface area contributed by atoms with Crippen LogP contribution in [0.3, 0.4) is 0 Å². The fourth-order valence-corrected chi connectivity index (χ4v) is 4.68. The van der Waals surface area contributed by atoms with E-state index in [0.717, 1.165) is 5.56 Å². The summed E-state index contributed by atoms with van der Waals surface area (Å²) >= 11 is 0. The zero-order chi connectivity index (χ0) is 21.2. The van der Waals surface area contributed by atoms with Crippen LogP contribution in [0.2, 0.25) is 0 Å². The van der Waals surface area contributed by atoms with Crippen LogP contribution in [0.25, 0.3) is 0 Å². The van der Waals surface area contributed by atoms with Crippen molar-refractivity contribution >= 4 is 23.7 Å². The molecule has 3 rings (SSSR count). The Labute approximate surface area is 170 Å². The molecule has 0 spiro atoms. The third kappa shape index (κ3) is 4.33. The Bertz CT molecular complexity index is 824. The van der Waals surface area contributed by atoms with E-state index < -0.39 is 28.8 Å². The summed E-state index contributed by atoms with van der Waals surface area (Å²) < 4.78 is 5.15. The molecule has 1 saturated carbocycles. The molecule has 1 aliphatic carbocycles. The number of piperidine rings is 1. The van der Waals surface area contributed by atoms with Crippen molar-refractivity contribution in [2.75, 3.05) is 6.61 Å². The Balaban J connectivity index is 1.80. The summed E-state index contributed by atoms with van der Waals surface area (Å²) in [6.45, 7) is 5.49. The number of carbonyl (C=O) groups excluding carboxylic acids is 4. The molecule has 1 aromatic carbocycles. The monoisotopic (exact) mass is 400 g/mol. The first-order valence-corrected chi connectivity index (χ1v) is 10.0. The van der Waals surface area contributed by atoms with Crippen LogP contribution >= 0.6 is 0 Å². The van der Waals surface area contributed by atoms with Crippen molar-refractivity contribution in [2.45, 2.75) is 52.5 Å². The summed E-state index contributed by atoms with van der Waals surface area (Å²) in [7, 11) is 0. The number of carbonyl (C=O) groups is 4. The van der Waals surface area contributed by atoms with Crippen molar-refractivity contribution < 1.29 is 23.9 Å². The van der Waals surface area contributed by atoms with Gasteiger partial charge in [0, 0.05) is 23.2 Å². The average molecular weight is 400 g/mol. The van der Waals surface area contributed by atoms with Crippen LogP contribution in [-0.2, 0) is 30.3 Å². The first-order chi connectivity index (χ1) is 13.7. The molecular formula is C22H28N2O5. The molecule has 7 nitrogen and oxygen atoms in total. The molecule has 0 aromatic heterocycles. The van der Waals surface area contributed by atoms with Crippen molar-refractivity contribution in [3.63, 3.8) is 0 Å². The highest BCUT2D eigenvalue weighted by molar-refractivity contribution is 6.03. The molecule has 1 aliphatic heterocycles. The maximum atomic E-state index is 13.3. The number of hydrogen-bond acceptors (Lipinski definition) is 5. The van der Waals surface area contributed by atoms with Gasteiger partial charge in [0.15, 0.2) is 0 Å². The minimum absolute atomic E-state index is 0.214. The lowest BCUT2D eigenvalue weighted by molar-refractivity contribution is -0.158. The standard InChI is InChI=1S/C22H28N2O5/c1-4-29-18(26)16(10-14-8-6-5-7-9-14)23-19(27)21(2)11-15-12-22(3,13-21)20(28)24-17(15)25/h5-9,15-16H,4,10-13H2,1-3H3,(H,23,27)(H,24,25,28)/t15-,16?,21-,22-/m1/s1. The zero-order valence-corrected chi connectivity index (χ0v) is 17.1. The summed E-state index contributed by atoms with van der Waals surface area (Å²) in [6, 6.07) is 8.55. The fourth-order valence-electron chi connectivity index (χ4n) is 4.68. The van der Waals surface area contributed by atoms with Gasteiger partial charge in [-0.05, 0) is 31.7 Å². The van der Waals surface area contributed by atoms with Gasteiger partial charge in [-0.1, -0.05) is 44.2 Å². The van der Waals surface area contributed by atoms with E-state index in [1.807, 2.05) is 30.3 Å². The SMILES string of the molecule is CCOC(=O)C(Cc1ccccc1)NC(=O)[C@]1(C)C[C@@H]2C[C@](C)(C1)C(=O)NC2=O. The van der Waals surface area contributed by atoms with Gasteiger partial charge >= 0.3 is 5.97 Å². The van der Waals surface area contributed by atoms with Gasteiger partial charge in [0.05, 0.1) is 6.61 Å². The molecule has 1 aromatic rings. The fraction of sp³-hybridized carbons (Fsp3) is 0.545. The van der Waals surface area contributed by atoms with Crippen LogP contribution in [0.15, 0.2) is 30.3 Å². The highest BCUT2D eigenvalue weighted by atomic mass is 16.5. The number of hydrogen-bond donors (Lipinski definition) is 2. The maximum absolute atomic E-state index is 13.3. The van der Waals surface area contributed by atoms with Crippen LogP contribution in [0.1, 0.15) is 45.6 Å². The van der Waals surface area contributed by atoms with Crippen molar-refractivity contribution in [1.82, 2.24) is 10.6 Å². The van der Waals surface area contributed by atoms with E-state index in [-0.39, 0.29) is 24.3 Å². The van der Waals surface area contributed by atoms with Gasteiger partial charge in [0.2, 0.25) is 17.7 Å². The lowest BCUT2D eigenvalue weighted by atomic mass is 9.57. The molecule has 2 bridgehead atoms. The van der Waals surface area contributed by atoms with Crippen LogP contribution < -0.4 is 10.6 Å². The molecule has 3 amide bonds. The van der Waals surface area contributed by atoms with E-state index in [1.54, 1.807) is 20.8 Å². The second-order valence-corrected chi connectivity index (χ2v) is 8.69. The molecule has 1 unspecified atom stereocenters. The number of nitrogens with one attached hydrogen (secondary N) is 2. The van der Waals surface area contributed by atoms with E-state index in [0.29, 0.717) is 25.7 Å². The number of imide groups is 1. The highest BCUT2D eigenvalue weighted by Crippen LogP contribution is 2.51. The second-order valence-electron chi connectivity index (χ2n) is 8.69. The van der Waals surface area contributed by atoms with Gasteiger partial charge in [0.25, 0.3) is 0 Å². The third-order valence-electron chi connectivity index (χ3n) is 6.04. The van der Waals surface area contributed by atoms with Gasteiger partial charge in [-0.2, -0.15) is 0 Å². The van der Waals surface area contributed by atoms with Crippen LogP contribution in [0, 0.1) is 16.7 Å². The van der Waals surface area contributed by atoms with E-state index >= 15 is 0 Å². The van der Waals surface area contributed by atoms with Crippen molar-refractivity contribution in [1.29, 1.82) is 0 Å². The Kier molecular flexibility index (Phi) is 5.78. The molecule has 2 N–H and O–H groups in total. The zero-order valence-electron chi connectivity index (χ0n) is 17.1. The van der Waals surface area contributed by atoms with Crippen LogP contribution in [-0.4, -0.2) is 36.3 Å². The Morgan fingerprint density at radius 1 is 1.21 bits per heavy atom. The third-order valence-corrected chi connectivity index (χ3v) is 6.04. The minimum atomic E-state index is -0.924. The summed E-state index contributed by atoms with van der Waals surface area (Å²) in [5, 5.41) is 5.26. The molecule has 2 aliphatic rings. The number of fused-ring (bicyclic) bond motifs is 2. The van der Waals surface area contributed by atoms with Crippen molar-refractivity contribution in [3.05, 3.63) is 35.9 Å². The van der Waals surface area contributed by atoms with Gasteiger partial charge in [-0.3, -0.25) is 19.7 Å². The topological polar surface area (TPSA) is 102 Å². The number of rotatable bonds is 6. The molecule has 4 atom stereocenters. The Morgan fingerprint density at radius 3 is 2.55 bits per heavy atom.